The Morgan fingerprint density at radius 3 is 2.41 bits per heavy atom. The van der Waals surface area contributed by atoms with Crippen LogP contribution in [0.5, 0.6) is 0 Å². The molecule has 2 aromatic rings. The average Bonchev–Trinajstić information content (AvgIpc) is 2.63. The summed E-state index contributed by atoms with van der Waals surface area (Å²) in [6.07, 6.45) is 0. The molecule has 0 radical (unpaired) electrons. The highest BCUT2D eigenvalue weighted by atomic mass is 32.2. The van der Waals surface area contributed by atoms with Gasteiger partial charge in [-0.3, -0.25) is 14.5 Å². The molecule has 0 aromatic heterocycles. The third-order valence-electron chi connectivity index (χ3n) is 3.57. The Morgan fingerprint density at radius 2 is 1.74 bits per heavy atom. The fourth-order valence-electron chi connectivity index (χ4n) is 2.42. The quantitative estimate of drug-likeness (QED) is 0.520. The van der Waals surface area contributed by atoms with Gasteiger partial charge in [0.2, 0.25) is 5.91 Å². The molecule has 2 rings (SSSR count). The molecule has 0 heterocycles. The summed E-state index contributed by atoms with van der Waals surface area (Å²) in [5.41, 5.74) is 1.24. The Labute approximate surface area is 160 Å². The van der Waals surface area contributed by atoms with E-state index in [1.165, 1.54) is 13.2 Å². The van der Waals surface area contributed by atoms with Crippen molar-refractivity contribution in [2.75, 3.05) is 25.5 Å². The van der Waals surface area contributed by atoms with Gasteiger partial charge in [-0.15, -0.1) is 0 Å². The lowest BCUT2D eigenvalue weighted by Crippen LogP contribution is -2.37. The van der Waals surface area contributed by atoms with Gasteiger partial charge in [0.15, 0.2) is 0 Å². The van der Waals surface area contributed by atoms with Gasteiger partial charge in [0.1, 0.15) is 0 Å². The van der Waals surface area contributed by atoms with Crippen LogP contribution in [0.25, 0.3) is 0 Å². The van der Waals surface area contributed by atoms with E-state index in [2.05, 4.69) is 10.1 Å². The third-order valence-corrected chi connectivity index (χ3v) is 4.36. The number of nitrogens with zero attached hydrogens (tertiary/aromatic N) is 1. The van der Waals surface area contributed by atoms with Gasteiger partial charge in [0, 0.05) is 11.4 Å². The fraction of sp³-hybridized carbons (Fsp3) is 0.263. The summed E-state index contributed by atoms with van der Waals surface area (Å²) in [4.78, 5) is 26.0. The van der Waals surface area contributed by atoms with E-state index in [4.69, 9.17) is 0 Å². The Kier molecular flexibility index (Phi) is 8.22. The van der Waals surface area contributed by atoms with Crippen LogP contribution >= 0.6 is 11.8 Å². The van der Waals surface area contributed by atoms with Gasteiger partial charge in [-0.25, -0.2) is 0 Å². The fourth-order valence-corrected chi connectivity index (χ4v) is 3.01. The van der Waals surface area contributed by atoms with E-state index in [-0.39, 0.29) is 18.0 Å². The van der Waals surface area contributed by atoms with Crippen LogP contribution in [0.3, 0.4) is 0 Å². The first-order chi connectivity index (χ1) is 13.0. The van der Waals surface area contributed by atoms with Gasteiger partial charge >= 0.3 is 5.97 Å². The first-order valence-corrected chi connectivity index (χ1v) is 9.02. The molecule has 27 heavy (non-hydrogen) atoms. The molecular formula is C19H20F2N2O3S. The van der Waals surface area contributed by atoms with Crippen molar-refractivity contribution in [2.24, 2.45) is 0 Å². The highest BCUT2D eigenvalue weighted by Gasteiger charge is 2.17. The second-order valence-corrected chi connectivity index (χ2v) is 6.66. The molecule has 0 saturated heterocycles. The summed E-state index contributed by atoms with van der Waals surface area (Å²) in [5, 5.41) is 2.64. The number of nitrogens with one attached hydrogen (secondary N) is 1. The Morgan fingerprint density at radius 1 is 1.07 bits per heavy atom. The molecule has 0 aliphatic carbocycles. The number of carbonyl (C=O) groups excluding carboxylic acids is 2. The number of hydrogen-bond acceptors (Lipinski definition) is 5. The number of alkyl halides is 2. The maximum absolute atomic E-state index is 12.7. The summed E-state index contributed by atoms with van der Waals surface area (Å²) < 4.78 is 30.0. The van der Waals surface area contributed by atoms with Crippen LogP contribution in [-0.2, 0) is 20.9 Å². The van der Waals surface area contributed by atoms with Crippen LogP contribution < -0.4 is 5.32 Å². The normalized spacial score (nSPS) is 10.9. The summed E-state index contributed by atoms with van der Waals surface area (Å²) >= 11 is 0.367. The first-order valence-electron chi connectivity index (χ1n) is 8.14. The standard InChI is InChI=1S/C19H20F2N2O3S/c1-26-18(25)13-23(11-14-7-3-2-4-8-14)12-17(24)22-15-9-5-6-10-16(15)27-19(20)21/h2-10,19H,11-13H2,1H3,(H,22,24). The van der Waals surface area contributed by atoms with Crippen molar-refractivity contribution < 1.29 is 23.1 Å². The van der Waals surface area contributed by atoms with E-state index in [0.717, 1.165) is 5.56 Å². The number of esters is 1. The molecule has 1 amide bonds. The molecule has 8 heteroatoms. The molecule has 144 valence electrons. The largest absolute Gasteiger partial charge is 0.468 e. The number of methoxy groups -OCH3 is 1. The minimum absolute atomic E-state index is 0.0632. The topological polar surface area (TPSA) is 58.6 Å². The molecular weight excluding hydrogens is 374 g/mol. The van der Waals surface area contributed by atoms with Crippen LogP contribution in [0, 0.1) is 0 Å². The Hall–Kier alpha value is -2.45. The minimum atomic E-state index is -2.59. The highest BCUT2D eigenvalue weighted by molar-refractivity contribution is 7.99. The number of thioether (sulfide) groups is 1. The summed E-state index contributed by atoms with van der Waals surface area (Å²) in [5.74, 6) is -3.46. The molecule has 1 N–H and O–H groups in total. The SMILES string of the molecule is COC(=O)CN(CC(=O)Nc1ccccc1SC(F)F)Cc1ccccc1. The van der Waals surface area contributed by atoms with Crippen molar-refractivity contribution in [1.29, 1.82) is 0 Å². The molecule has 0 aliphatic rings. The van der Waals surface area contributed by atoms with Gasteiger partial charge in [0.25, 0.3) is 5.76 Å². The van der Waals surface area contributed by atoms with Crippen LogP contribution in [0.2, 0.25) is 0 Å². The molecule has 0 saturated carbocycles. The zero-order valence-electron chi connectivity index (χ0n) is 14.7. The smallest absolute Gasteiger partial charge is 0.319 e. The van der Waals surface area contributed by atoms with Crippen molar-refractivity contribution >= 4 is 29.3 Å². The molecule has 0 aliphatic heterocycles. The van der Waals surface area contributed by atoms with Crippen molar-refractivity contribution in [1.82, 2.24) is 4.90 Å². The lowest BCUT2D eigenvalue weighted by Gasteiger charge is -2.21. The third kappa shape index (κ3) is 7.36. The highest BCUT2D eigenvalue weighted by Crippen LogP contribution is 2.31. The molecule has 0 spiro atoms. The Balaban J connectivity index is 2.05. The molecule has 5 nitrogen and oxygen atoms in total. The number of ether oxygens (including phenoxy) is 1. The molecule has 0 fully saturated rings. The number of hydrogen-bond donors (Lipinski definition) is 1. The predicted octanol–water partition coefficient (Wildman–Crippen LogP) is 3.62. The number of rotatable bonds is 9. The van der Waals surface area contributed by atoms with E-state index in [1.54, 1.807) is 23.1 Å². The second kappa shape index (κ2) is 10.6. The molecule has 2 aromatic carbocycles. The zero-order valence-corrected chi connectivity index (χ0v) is 15.5. The van der Waals surface area contributed by atoms with Crippen LogP contribution in [0.15, 0.2) is 59.5 Å². The maximum atomic E-state index is 12.7. The van der Waals surface area contributed by atoms with E-state index < -0.39 is 17.6 Å². The number of amides is 1. The number of anilines is 1. The number of para-hydroxylation sites is 1. The van der Waals surface area contributed by atoms with Crippen LogP contribution in [0.1, 0.15) is 5.56 Å². The minimum Gasteiger partial charge on any atom is -0.468 e. The van der Waals surface area contributed by atoms with Crippen molar-refractivity contribution in [3.8, 4) is 0 Å². The van der Waals surface area contributed by atoms with Crippen LogP contribution in [-0.4, -0.2) is 42.7 Å². The predicted molar refractivity (Wildman–Crippen MR) is 101 cm³/mol. The zero-order chi connectivity index (χ0) is 19.6. The number of halogens is 2. The van der Waals surface area contributed by atoms with E-state index in [9.17, 15) is 18.4 Å². The van der Waals surface area contributed by atoms with Crippen molar-refractivity contribution in [3.63, 3.8) is 0 Å². The average molecular weight is 394 g/mol. The van der Waals surface area contributed by atoms with E-state index in [0.29, 0.717) is 24.0 Å². The molecule has 0 unspecified atom stereocenters. The maximum Gasteiger partial charge on any atom is 0.319 e. The van der Waals surface area contributed by atoms with E-state index >= 15 is 0 Å². The monoisotopic (exact) mass is 394 g/mol. The molecule has 0 atom stereocenters. The summed E-state index contributed by atoms with van der Waals surface area (Å²) in [6, 6.07) is 15.7. The molecule has 0 bridgehead atoms. The van der Waals surface area contributed by atoms with Gasteiger partial charge in [-0.1, -0.05) is 54.2 Å². The number of benzene rings is 2. The van der Waals surface area contributed by atoms with Gasteiger partial charge in [-0.2, -0.15) is 8.78 Å². The van der Waals surface area contributed by atoms with E-state index in [1.807, 2.05) is 30.3 Å². The Bertz CT molecular complexity index is 760. The lowest BCUT2D eigenvalue weighted by atomic mass is 10.2. The lowest BCUT2D eigenvalue weighted by molar-refractivity contribution is -0.142. The first kappa shape index (κ1) is 20.9. The number of carbonyl (C=O) groups is 2. The van der Waals surface area contributed by atoms with Gasteiger partial charge in [0.05, 0.1) is 25.9 Å². The van der Waals surface area contributed by atoms with Gasteiger partial charge in [-0.05, 0) is 17.7 Å². The summed E-state index contributed by atoms with van der Waals surface area (Å²) in [6.45, 7) is 0.223. The van der Waals surface area contributed by atoms with Crippen molar-refractivity contribution in [3.05, 3.63) is 60.2 Å². The van der Waals surface area contributed by atoms with Gasteiger partial charge < -0.3 is 10.1 Å². The summed E-state index contributed by atoms with van der Waals surface area (Å²) in [7, 11) is 1.28. The van der Waals surface area contributed by atoms with Crippen LogP contribution in [0.4, 0.5) is 14.5 Å². The second-order valence-electron chi connectivity index (χ2n) is 5.63. The van der Waals surface area contributed by atoms with Crippen molar-refractivity contribution in [2.45, 2.75) is 17.2 Å².